The second-order valence-electron chi connectivity index (χ2n) is 3.48. The molecule has 0 aliphatic heterocycles. The monoisotopic (exact) mass is 248 g/mol. The third kappa shape index (κ3) is 2.79. The van der Waals surface area contributed by atoms with Crippen molar-refractivity contribution in [2.45, 2.75) is 6.42 Å². The quantitative estimate of drug-likeness (QED) is 0.848. The third-order valence-electron chi connectivity index (χ3n) is 2.27. The molecule has 2 aromatic heterocycles. The molecule has 0 fully saturated rings. The molecule has 0 amide bonds. The van der Waals surface area contributed by atoms with Gasteiger partial charge in [-0.15, -0.1) is 0 Å². The van der Waals surface area contributed by atoms with Gasteiger partial charge in [0.1, 0.15) is 5.15 Å². The maximum absolute atomic E-state index is 10.7. The first-order chi connectivity index (χ1) is 8.16. The van der Waals surface area contributed by atoms with E-state index in [1.54, 1.807) is 24.7 Å². The molecule has 0 atom stereocenters. The highest BCUT2D eigenvalue weighted by atomic mass is 35.5. The molecule has 4 nitrogen and oxygen atoms in total. The minimum absolute atomic E-state index is 0.134. The Kier molecular flexibility index (Phi) is 3.35. The highest BCUT2D eigenvalue weighted by Crippen LogP contribution is 2.22. The number of rotatable bonds is 3. The van der Waals surface area contributed by atoms with Crippen LogP contribution in [-0.2, 0) is 11.2 Å². The summed E-state index contributed by atoms with van der Waals surface area (Å²) in [5, 5.41) is 8.98. The molecule has 0 saturated carbocycles. The summed E-state index contributed by atoms with van der Waals surface area (Å²) in [7, 11) is 0. The summed E-state index contributed by atoms with van der Waals surface area (Å²) in [5.74, 6) is -0.930. The van der Waals surface area contributed by atoms with Gasteiger partial charge in [-0.2, -0.15) is 0 Å². The van der Waals surface area contributed by atoms with Gasteiger partial charge in [-0.25, -0.2) is 4.98 Å². The van der Waals surface area contributed by atoms with Gasteiger partial charge in [0.15, 0.2) is 0 Å². The predicted octanol–water partition coefficient (Wildman–Crippen LogP) is 2.42. The molecular formula is C12H9ClN2O2. The smallest absolute Gasteiger partial charge is 0.307 e. The zero-order valence-corrected chi connectivity index (χ0v) is 9.55. The molecule has 2 heterocycles. The number of aliphatic carboxylic acids is 1. The van der Waals surface area contributed by atoms with Crippen LogP contribution in [0.2, 0.25) is 5.15 Å². The van der Waals surface area contributed by atoms with Crippen molar-refractivity contribution >= 4 is 17.6 Å². The highest BCUT2D eigenvalue weighted by Gasteiger charge is 2.08. The summed E-state index contributed by atoms with van der Waals surface area (Å²) in [4.78, 5) is 18.6. The highest BCUT2D eigenvalue weighted by molar-refractivity contribution is 6.30. The molecule has 5 heteroatoms. The van der Waals surface area contributed by atoms with E-state index in [0.29, 0.717) is 5.56 Å². The molecule has 0 aromatic carbocycles. The van der Waals surface area contributed by atoms with Gasteiger partial charge in [0.25, 0.3) is 0 Å². The molecule has 2 rings (SSSR count). The van der Waals surface area contributed by atoms with Crippen LogP contribution in [0.4, 0.5) is 0 Å². The average molecular weight is 249 g/mol. The number of carbonyl (C=O) groups is 1. The number of nitrogens with zero attached hydrogens (tertiary/aromatic N) is 2. The molecule has 0 radical (unpaired) electrons. The molecule has 0 aliphatic carbocycles. The summed E-state index contributed by atoms with van der Waals surface area (Å²) < 4.78 is 0. The van der Waals surface area contributed by atoms with E-state index in [4.69, 9.17) is 16.7 Å². The molecule has 86 valence electrons. The summed E-state index contributed by atoms with van der Waals surface area (Å²) in [6.07, 6.45) is 4.81. The van der Waals surface area contributed by atoms with Crippen LogP contribution in [0.1, 0.15) is 5.56 Å². The second-order valence-corrected chi connectivity index (χ2v) is 3.84. The maximum atomic E-state index is 10.7. The van der Waals surface area contributed by atoms with Gasteiger partial charge in [0.2, 0.25) is 0 Å². The van der Waals surface area contributed by atoms with E-state index in [-0.39, 0.29) is 11.6 Å². The van der Waals surface area contributed by atoms with Crippen molar-refractivity contribution in [3.8, 4) is 11.1 Å². The van der Waals surface area contributed by atoms with E-state index >= 15 is 0 Å². The molecule has 0 bridgehead atoms. The Morgan fingerprint density at radius 3 is 2.65 bits per heavy atom. The normalized spacial score (nSPS) is 10.2. The first kappa shape index (κ1) is 11.5. The Morgan fingerprint density at radius 1 is 1.29 bits per heavy atom. The lowest BCUT2D eigenvalue weighted by atomic mass is 10.1. The van der Waals surface area contributed by atoms with Crippen LogP contribution in [0.3, 0.4) is 0 Å². The zero-order valence-electron chi connectivity index (χ0n) is 8.80. The molecule has 2 aromatic rings. The zero-order chi connectivity index (χ0) is 12.3. The first-order valence-electron chi connectivity index (χ1n) is 4.93. The van der Waals surface area contributed by atoms with Crippen LogP contribution >= 0.6 is 11.6 Å². The minimum atomic E-state index is -0.930. The Balaban J connectivity index is 2.41. The van der Waals surface area contributed by atoms with Crippen LogP contribution in [0.25, 0.3) is 11.1 Å². The van der Waals surface area contributed by atoms with E-state index in [9.17, 15) is 4.79 Å². The van der Waals surface area contributed by atoms with Gasteiger partial charge in [-0.1, -0.05) is 11.6 Å². The fraction of sp³-hybridized carbons (Fsp3) is 0.0833. The molecule has 0 unspecified atom stereocenters. The lowest BCUT2D eigenvalue weighted by Gasteiger charge is -2.05. The van der Waals surface area contributed by atoms with Gasteiger partial charge >= 0.3 is 5.97 Å². The van der Waals surface area contributed by atoms with Crippen LogP contribution in [0, 0.1) is 0 Å². The largest absolute Gasteiger partial charge is 0.481 e. The van der Waals surface area contributed by atoms with Crippen molar-refractivity contribution in [3.05, 3.63) is 47.5 Å². The van der Waals surface area contributed by atoms with Gasteiger partial charge in [0, 0.05) is 29.7 Å². The average Bonchev–Trinajstić information content (AvgIpc) is 2.32. The van der Waals surface area contributed by atoms with Crippen molar-refractivity contribution in [3.63, 3.8) is 0 Å². The van der Waals surface area contributed by atoms with Crippen LogP contribution < -0.4 is 0 Å². The Morgan fingerprint density at radius 2 is 2.00 bits per heavy atom. The van der Waals surface area contributed by atoms with E-state index < -0.39 is 5.97 Å². The number of hydrogen-bond donors (Lipinski definition) is 1. The number of carboxylic acid groups (broad SMARTS) is 1. The first-order valence-corrected chi connectivity index (χ1v) is 5.31. The number of halogens is 1. The van der Waals surface area contributed by atoms with Crippen molar-refractivity contribution in [1.82, 2.24) is 9.97 Å². The Bertz CT molecular complexity index is 543. The molecule has 0 aliphatic rings. The third-order valence-corrected chi connectivity index (χ3v) is 2.61. The Labute approximate surface area is 103 Å². The molecule has 0 saturated heterocycles. The van der Waals surface area contributed by atoms with Crippen LogP contribution in [0.15, 0.2) is 36.8 Å². The SMILES string of the molecule is O=C(O)Cc1cc(-c2ccncc2)cnc1Cl. The number of hydrogen-bond acceptors (Lipinski definition) is 3. The topological polar surface area (TPSA) is 63.1 Å². The molecule has 17 heavy (non-hydrogen) atoms. The fourth-order valence-corrected chi connectivity index (χ4v) is 1.65. The molecule has 1 N–H and O–H groups in total. The second kappa shape index (κ2) is 4.93. The number of aromatic nitrogens is 2. The van der Waals surface area contributed by atoms with Gasteiger partial charge in [-0.3, -0.25) is 9.78 Å². The van der Waals surface area contributed by atoms with Crippen molar-refractivity contribution < 1.29 is 9.90 Å². The van der Waals surface area contributed by atoms with Crippen molar-refractivity contribution in [1.29, 1.82) is 0 Å². The summed E-state index contributed by atoms with van der Waals surface area (Å²) in [6, 6.07) is 5.39. The summed E-state index contributed by atoms with van der Waals surface area (Å²) in [5.41, 5.74) is 2.26. The summed E-state index contributed by atoms with van der Waals surface area (Å²) in [6.45, 7) is 0. The minimum Gasteiger partial charge on any atom is -0.481 e. The maximum Gasteiger partial charge on any atom is 0.307 e. The number of pyridine rings is 2. The molecule has 0 spiro atoms. The van der Waals surface area contributed by atoms with Crippen molar-refractivity contribution in [2.75, 3.05) is 0 Å². The van der Waals surface area contributed by atoms with Crippen LogP contribution in [0.5, 0.6) is 0 Å². The van der Waals surface area contributed by atoms with Gasteiger partial charge < -0.3 is 5.11 Å². The lowest BCUT2D eigenvalue weighted by Crippen LogP contribution is -2.01. The van der Waals surface area contributed by atoms with Gasteiger partial charge in [-0.05, 0) is 23.8 Å². The van der Waals surface area contributed by atoms with Crippen molar-refractivity contribution in [2.24, 2.45) is 0 Å². The summed E-state index contributed by atoms with van der Waals surface area (Å²) >= 11 is 5.84. The number of carboxylic acids is 1. The molecular weight excluding hydrogens is 240 g/mol. The predicted molar refractivity (Wildman–Crippen MR) is 63.8 cm³/mol. The van der Waals surface area contributed by atoms with E-state index in [2.05, 4.69) is 9.97 Å². The van der Waals surface area contributed by atoms with E-state index in [1.807, 2.05) is 12.1 Å². The van der Waals surface area contributed by atoms with E-state index in [0.717, 1.165) is 11.1 Å². The standard InChI is InChI=1S/C12H9ClN2O2/c13-12-9(6-11(16)17)5-10(7-15-12)8-1-3-14-4-2-8/h1-5,7H,6H2,(H,16,17). The van der Waals surface area contributed by atoms with E-state index in [1.165, 1.54) is 0 Å². The lowest BCUT2D eigenvalue weighted by molar-refractivity contribution is -0.136. The fourth-order valence-electron chi connectivity index (χ4n) is 1.48. The Hall–Kier alpha value is -1.94. The van der Waals surface area contributed by atoms with Crippen LogP contribution in [-0.4, -0.2) is 21.0 Å². The van der Waals surface area contributed by atoms with Gasteiger partial charge in [0.05, 0.1) is 6.42 Å².